The summed E-state index contributed by atoms with van der Waals surface area (Å²) in [7, 11) is 0. The van der Waals surface area contributed by atoms with Crippen LogP contribution in [0.1, 0.15) is 18.4 Å². The smallest absolute Gasteiger partial charge is 0.247 e. The van der Waals surface area contributed by atoms with Crippen LogP contribution < -0.4 is 5.32 Å². The highest BCUT2D eigenvalue weighted by Gasteiger charge is 2.10. The molecule has 0 saturated carbocycles. The number of hydrogen-bond acceptors (Lipinski definition) is 5. The highest BCUT2D eigenvalue weighted by molar-refractivity contribution is 5.52. The second-order valence-corrected chi connectivity index (χ2v) is 5.38. The minimum atomic E-state index is 0.259. The van der Waals surface area contributed by atoms with E-state index in [1.54, 1.807) is 6.20 Å². The Morgan fingerprint density at radius 2 is 2.05 bits per heavy atom. The molecule has 0 unspecified atom stereocenters. The van der Waals surface area contributed by atoms with Crippen LogP contribution >= 0.6 is 0 Å². The molecule has 3 aromatic rings. The Balaban J connectivity index is 1.56. The van der Waals surface area contributed by atoms with Crippen molar-refractivity contribution in [1.82, 2.24) is 25.3 Å². The van der Waals surface area contributed by atoms with E-state index in [0.29, 0.717) is 18.3 Å². The first kappa shape index (κ1) is 14.5. The molecule has 0 aliphatic carbocycles. The van der Waals surface area contributed by atoms with Gasteiger partial charge in [-0.05, 0) is 32.0 Å². The molecule has 6 heteroatoms. The molecular formula is C16H19N5O. The van der Waals surface area contributed by atoms with Crippen LogP contribution in [0, 0.1) is 6.92 Å². The number of aryl methyl sites for hydroxylation is 1. The Bertz CT molecular complexity index is 702. The molecular weight excluding hydrogens is 278 g/mol. The third-order valence-corrected chi connectivity index (χ3v) is 3.39. The lowest BCUT2D eigenvalue weighted by Crippen LogP contribution is -2.30. The number of rotatable bonds is 6. The predicted octanol–water partition coefficient (Wildman–Crippen LogP) is 2.42. The maximum atomic E-state index is 5.69. The number of nitrogens with zero attached hydrogens (tertiary/aromatic N) is 4. The van der Waals surface area contributed by atoms with Crippen LogP contribution in [0.25, 0.3) is 11.5 Å². The van der Waals surface area contributed by atoms with Crippen LogP contribution in [-0.4, -0.2) is 26.0 Å². The van der Waals surface area contributed by atoms with E-state index in [1.807, 2.05) is 48.1 Å². The zero-order valence-corrected chi connectivity index (χ0v) is 12.7. The van der Waals surface area contributed by atoms with Gasteiger partial charge in [0.1, 0.15) is 0 Å². The van der Waals surface area contributed by atoms with Crippen LogP contribution in [0.3, 0.4) is 0 Å². The first-order chi connectivity index (χ1) is 10.7. The summed E-state index contributed by atoms with van der Waals surface area (Å²) in [6.07, 6.45) is 3.72. The molecule has 2 heterocycles. The number of benzene rings is 1. The first-order valence-electron chi connectivity index (χ1n) is 7.31. The van der Waals surface area contributed by atoms with Gasteiger partial charge in [0.2, 0.25) is 11.8 Å². The average molecular weight is 297 g/mol. The molecule has 0 spiro atoms. The number of aromatic nitrogens is 4. The minimum absolute atomic E-state index is 0.259. The van der Waals surface area contributed by atoms with Crippen LogP contribution in [0.15, 0.2) is 47.1 Å². The van der Waals surface area contributed by atoms with Crippen molar-refractivity contribution < 1.29 is 4.42 Å². The highest BCUT2D eigenvalue weighted by atomic mass is 16.4. The summed E-state index contributed by atoms with van der Waals surface area (Å²) < 4.78 is 7.58. The molecule has 0 saturated heterocycles. The van der Waals surface area contributed by atoms with Crippen molar-refractivity contribution in [3.05, 3.63) is 54.2 Å². The monoisotopic (exact) mass is 297 g/mol. The van der Waals surface area contributed by atoms with Crippen molar-refractivity contribution in [1.29, 1.82) is 0 Å². The zero-order chi connectivity index (χ0) is 15.4. The summed E-state index contributed by atoms with van der Waals surface area (Å²) in [5, 5.41) is 15.7. The molecule has 1 atom stereocenters. The van der Waals surface area contributed by atoms with Crippen molar-refractivity contribution >= 4 is 0 Å². The maximum Gasteiger partial charge on any atom is 0.247 e. The second-order valence-electron chi connectivity index (χ2n) is 5.38. The van der Waals surface area contributed by atoms with Crippen molar-refractivity contribution in [2.75, 3.05) is 0 Å². The summed E-state index contributed by atoms with van der Waals surface area (Å²) in [4.78, 5) is 0. The average Bonchev–Trinajstić information content (AvgIpc) is 3.17. The summed E-state index contributed by atoms with van der Waals surface area (Å²) in [5.41, 5.74) is 2.14. The van der Waals surface area contributed by atoms with Gasteiger partial charge in [-0.15, -0.1) is 10.2 Å². The molecule has 6 nitrogen and oxygen atoms in total. The molecule has 3 rings (SSSR count). The van der Waals surface area contributed by atoms with Gasteiger partial charge in [0.25, 0.3) is 0 Å². The normalized spacial score (nSPS) is 12.5. The van der Waals surface area contributed by atoms with E-state index in [-0.39, 0.29) is 6.04 Å². The Hall–Kier alpha value is -2.47. The molecule has 1 N–H and O–H groups in total. The van der Waals surface area contributed by atoms with Crippen LogP contribution in [0.2, 0.25) is 0 Å². The largest absolute Gasteiger partial charge is 0.419 e. The lowest BCUT2D eigenvalue weighted by molar-refractivity contribution is 0.411. The lowest BCUT2D eigenvalue weighted by Gasteiger charge is -2.11. The SMILES string of the molecule is Cc1ccc(-c2nnc(CN[C@@H](C)Cn3cccn3)o2)cc1. The van der Waals surface area contributed by atoms with E-state index in [0.717, 1.165) is 12.1 Å². The minimum Gasteiger partial charge on any atom is -0.419 e. The van der Waals surface area contributed by atoms with Crippen molar-refractivity contribution in [2.24, 2.45) is 0 Å². The van der Waals surface area contributed by atoms with Gasteiger partial charge in [-0.2, -0.15) is 5.10 Å². The predicted molar refractivity (Wildman–Crippen MR) is 83.0 cm³/mol. The van der Waals surface area contributed by atoms with Crippen LogP contribution in [0.4, 0.5) is 0 Å². The number of hydrogen-bond donors (Lipinski definition) is 1. The quantitative estimate of drug-likeness (QED) is 0.756. The van der Waals surface area contributed by atoms with Crippen LogP contribution in [-0.2, 0) is 13.1 Å². The van der Waals surface area contributed by atoms with Crippen molar-refractivity contribution in [2.45, 2.75) is 33.0 Å². The van der Waals surface area contributed by atoms with E-state index in [1.165, 1.54) is 5.56 Å². The van der Waals surface area contributed by atoms with Gasteiger partial charge in [0.15, 0.2) is 0 Å². The lowest BCUT2D eigenvalue weighted by atomic mass is 10.1. The summed E-state index contributed by atoms with van der Waals surface area (Å²) in [5.74, 6) is 1.14. The van der Waals surface area contributed by atoms with Gasteiger partial charge >= 0.3 is 0 Å². The van der Waals surface area contributed by atoms with Crippen molar-refractivity contribution in [3.63, 3.8) is 0 Å². The Morgan fingerprint density at radius 1 is 1.23 bits per heavy atom. The van der Waals surface area contributed by atoms with Gasteiger partial charge in [0.05, 0.1) is 13.1 Å². The number of nitrogens with one attached hydrogen (secondary N) is 1. The molecule has 114 valence electrons. The molecule has 0 aliphatic heterocycles. The van der Waals surface area contributed by atoms with E-state index >= 15 is 0 Å². The summed E-state index contributed by atoms with van der Waals surface area (Å²) >= 11 is 0. The fourth-order valence-electron chi connectivity index (χ4n) is 2.15. The van der Waals surface area contributed by atoms with Gasteiger partial charge in [0, 0.05) is 24.0 Å². The van der Waals surface area contributed by atoms with Gasteiger partial charge in [-0.1, -0.05) is 17.7 Å². The maximum absolute atomic E-state index is 5.69. The van der Waals surface area contributed by atoms with E-state index in [4.69, 9.17) is 4.42 Å². The third-order valence-electron chi connectivity index (χ3n) is 3.39. The third kappa shape index (κ3) is 3.59. The van der Waals surface area contributed by atoms with Gasteiger partial charge in [-0.25, -0.2) is 0 Å². The van der Waals surface area contributed by atoms with Crippen LogP contribution in [0.5, 0.6) is 0 Å². The summed E-state index contributed by atoms with van der Waals surface area (Å²) in [6, 6.07) is 10.2. The molecule has 2 aromatic heterocycles. The molecule has 0 aliphatic rings. The van der Waals surface area contributed by atoms with Gasteiger partial charge < -0.3 is 9.73 Å². The molecule has 0 amide bonds. The summed E-state index contributed by atoms with van der Waals surface area (Å²) in [6.45, 7) is 5.49. The molecule has 0 bridgehead atoms. The molecule has 0 radical (unpaired) electrons. The first-order valence-corrected chi connectivity index (χ1v) is 7.31. The molecule has 22 heavy (non-hydrogen) atoms. The fourth-order valence-corrected chi connectivity index (χ4v) is 2.15. The highest BCUT2D eigenvalue weighted by Crippen LogP contribution is 2.18. The van der Waals surface area contributed by atoms with Gasteiger partial charge in [-0.3, -0.25) is 4.68 Å². The molecule has 0 fully saturated rings. The second kappa shape index (κ2) is 6.53. The Morgan fingerprint density at radius 3 is 2.77 bits per heavy atom. The fraction of sp³-hybridized carbons (Fsp3) is 0.312. The van der Waals surface area contributed by atoms with Crippen molar-refractivity contribution in [3.8, 4) is 11.5 Å². The Kier molecular flexibility index (Phi) is 4.29. The zero-order valence-electron chi connectivity index (χ0n) is 12.7. The van der Waals surface area contributed by atoms with E-state index in [9.17, 15) is 0 Å². The standard InChI is InChI=1S/C16H19N5O/c1-12-4-6-14(7-5-12)16-20-19-15(22-16)10-17-13(2)11-21-9-3-8-18-21/h3-9,13,17H,10-11H2,1-2H3/t13-/m0/s1. The van der Waals surface area contributed by atoms with E-state index < -0.39 is 0 Å². The molecule has 1 aromatic carbocycles. The Labute approximate surface area is 129 Å². The van der Waals surface area contributed by atoms with E-state index in [2.05, 4.69) is 27.5 Å². The topological polar surface area (TPSA) is 68.8 Å².